The van der Waals surface area contributed by atoms with Gasteiger partial charge in [-0.15, -0.1) is 0 Å². The minimum absolute atomic E-state index is 0.198. The fraction of sp³-hybridized carbons (Fsp3) is 0.154. The highest BCUT2D eigenvalue weighted by molar-refractivity contribution is 5.89. The van der Waals surface area contributed by atoms with E-state index in [9.17, 15) is 4.79 Å². The van der Waals surface area contributed by atoms with E-state index in [1.807, 2.05) is 61.6 Å². The molecule has 2 amide bonds. The average molecular weight is 216 g/mol. The summed E-state index contributed by atoms with van der Waals surface area (Å²) < 4.78 is 0. The quantitative estimate of drug-likeness (QED) is 0.746. The van der Waals surface area contributed by atoms with E-state index in [4.69, 9.17) is 0 Å². The summed E-state index contributed by atoms with van der Waals surface area (Å²) in [6.07, 6.45) is 7.62. The van der Waals surface area contributed by atoms with Gasteiger partial charge < -0.3 is 10.6 Å². The molecular formula is C13H16N2O. The number of allylic oxidation sites excluding steroid dienone is 3. The second kappa shape index (κ2) is 7.29. The minimum atomic E-state index is -0.198. The Labute approximate surface area is 95.9 Å². The first kappa shape index (κ1) is 12.0. The Bertz CT molecular complexity index is 369. The van der Waals surface area contributed by atoms with Crippen LogP contribution in [0.5, 0.6) is 0 Å². The standard InChI is InChI=1S/C13H16N2O/c1-2-3-4-8-11-14-13(16)15-12-9-6-5-7-10-12/h2-10H,11H2,1H3,(H2,14,15,16). The molecule has 1 aromatic carbocycles. The van der Waals surface area contributed by atoms with Gasteiger partial charge in [0.15, 0.2) is 0 Å². The molecule has 0 aliphatic rings. The molecule has 0 aliphatic heterocycles. The number of anilines is 1. The second-order valence-corrected chi connectivity index (χ2v) is 3.15. The topological polar surface area (TPSA) is 41.1 Å². The maximum atomic E-state index is 11.4. The molecular weight excluding hydrogens is 200 g/mol. The van der Waals surface area contributed by atoms with Crippen LogP contribution in [0.15, 0.2) is 54.6 Å². The first-order valence-corrected chi connectivity index (χ1v) is 5.20. The van der Waals surface area contributed by atoms with Crippen molar-refractivity contribution in [2.45, 2.75) is 6.92 Å². The normalized spacial score (nSPS) is 10.8. The maximum absolute atomic E-state index is 11.4. The van der Waals surface area contributed by atoms with Crippen molar-refractivity contribution in [2.75, 3.05) is 11.9 Å². The van der Waals surface area contributed by atoms with E-state index in [0.717, 1.165) is 5.69 Å². The Morgan fingerprint density at radius 1 is 1.25 bits per heavy atom. The predicted octanol–water partition coefficient (Wildman–Crippen LogP) is 2.94. The summed E-state index contributed by atoms with van der Waals surface area (Å²) >= 11 is 0. The van der Waals surface area contributed by atoms with Crippen LogP contribution < -0.4 is 10.6 Å². The Morgan fingerprint density at radius 2 is 2.00 bits per heavy atom. The van der Waals surface area contributed by atoms with Crippen molar-refractivity contribution in [3.8, 4) is 0 Å². The predicted molar refractivity (Wildman–Crippen MR) is 67.4 cm³/mol. The third kappa shape index (κ3) is 5.00. The number of amides is 2. The van der Waals surface area contributed by atoms with Crippen LogP contribution in [0.4, 0.5) is 10.5 Å². The van der Waals surface area contributed by atoms with Gasteiger partial charge >= 0.3 is 6.03 Å². The highest BCUT2D eigenvalue weighted by Crippen LogP contribution is 2.03. The molecule has 0 aromatic heterocycles. The molecule has 16 heavy (non-hydrogen) atoms. The molecule has 3 heteroatoms. The Morgan fingerprint density at radius 3 is 2.69 bits per heavy atom. The monoisotopic (exact) mass is 216 g/mol. The fourth-order valence-corrected chi connectivity index (χ4v) is 1.11. The average Bonchev–Trinajstić information content (AvgIpc) is 2.30. The SMILES string of the molecule is CC=CC=CCNC(=O)Nc1ccccc1. The van der Waals surface area contributed by atoms with Crippen LogP contribution in [0.3, 0.4) is 0 Å². The number of nitrogens with one attached hydrogen (secondary N) is 2. The van der Waals surface area contributed by atoms with E-state index in [1.54, 1.807) is 0 Å². The number of para-hydroxylation sites is 1. The Hall–Kier alpha value is -2.03. The van der Waals surface area contributed by atoms with E-state index < -0.39 is 0 Å². The van der Waals surface area contributed by atoms with Gasteiger partial charge in [-0.1, -0.05) is 42.5 Å². The molecule has 0 bridgehead atoms. The molecule has 0 fully saturated rings. The zero-order valence-electron chi connectivity index (χ0n) is 9.31. The van der Waals surface area contributed by atoms with Gasteiger partial charge in [0.2, 0.25) is 0 Å². The largest absolute Gasteiger partial charge is 0.334 e. The number of hydrogen-bond donors (Lipinski definition) is 2. The van der Waals surface area contributed by atoms with Gasteiger partial charge in [-0.25, -0.2) is 4.79 Å². The molecule has 0 aliphatic carbocycles. The van der Waals surface area contributed by atoms with Crippen LogP contribution in [0, 0.1) is 0 Å². The number of hydrogen-bond acceptors (Lipinski definition) is 1. The third-order valence-corrected chi connectivity index (χ3v) is 1.85. The molecule has 0 spiro atoms. The zero-order chi connectivity index (χ0) is 11.6. The number of carbonyl (C=O) groups is 1. The molecule has 0 atom stereocenters. The second-order valence-electron chi connectivity index (χ2n) is 3.15. The molecule has 3 nitrogen and oxygen atoms in total. The summed E-state index contributed by atoms with van der Waals surface area (Å²) in [5.41, 5.74) is 0.789. The van der Waals surface area contributed by atoms with Crippen molar-refractivity contribution in [1.29, 1.82) is 0 Å². The molecule has 0 heterocycles. The lowest BCUT2D eigenvalue weighted by Crippen LogP contribution is -2.28. The van der Waals surface area contributed by atoms with Gasteiger partial charge in [-0.2, -0.15) is 0 Å². The first-order chi connectivity index (χ1) is 7.83. The van der Waals surface area contributed by atoms with Gasteiger partial charge in [0, 0.05) is 12.2 Å². The van der Waals surface area contributed by atoms with Crippen LogP contribution in [0.1, 0.15) is 6.92 Å². The molecule has 0 saturated carbocycles. The maximum Gasteiger partial charge on any atom is 0.319 e. The molecule has 0 unspecified atom stereocenters. The Balaban J connectivity index is 2.26. The summed E-state index contributed by atoms with van der Waals surface area (Å²) in [6, 6.07) is 9.15. The third-order valence-electron chi connectivity index (χ3n) is 1.85. The highest BCUT2D eigenvalue weighted by Gasteiger charge is 1.97. The molecule has 0 saturated heterocycles. The summed E-state index contributed by atoms with van der Waals surface area (Å²) in [4.78, 5) is 11.4. The number of rotatable bonds is 4. The van der Waals surface area contributed by atoms with Crippen LogP contribution in [-0.2, 0) is 0 Å². The van der Waals surface area contributed by atoms with Gasteiger partial charge in [-0.3, -0.25) is 0 Å². The van der Waals surface area contributed by atoms with Gasteiger partial charge in [0.05, 0.1) is 0 Å². The van der Waals surface area contributed by atoms with Gasteiger partial charge in [0.25, 0.3) is 0 Å². The van der Waals surface area contributed by atoms with Crippen molar-refractivity contribution >= 4 is 11.7 Å². The number of urea groups is 1. The lowest BCUT2D eigenvalue weighted by molar-refractivity contribution is 0.253. The first-order valence-electron chi connectivity index (χ1n) is 5.20. The smallest absolute Gasteiger partial charge is 0.319 e. The van der Waals surface area contributed by atoms with Crippen LogP contribution >= 0.6 is 0 Å². The summed E-state index contributed by atoms with van der Waals surface area (Å²) in [7, 11) is 0. The van der Waals surface area contributed by atoms with E-state index in [1.165, 1.54) is 0 Å². The van der Waals surface area contributed by atoms with E-state index in [0.29, 0.717) is 6.54 Å². The van der Waals surface area contributed by atoms with Crippen LogP contribution in [0.2, 0.25) is 0 Å². The van der Waals surface area contributed by atoms with E-state index in [-0.39, 0.29) is 6.03 Å². The number of carbonyl (C=O) groups excluding carboxylic acids is 1. The van der Waals surface area contributed by atoms with Crippen LogP contribution in [0.25, 0.3) is 0 Å². The Kier molecular flexibility index (Phi) is 5.48. The molecule has 0 radical (unpaired) electrons. The molecule has 2 N–H and O–H groups in total. The minimum Gasteiger partial charge on any atom is -0.334 e. The lowest BCUT2D eigenvalue weighted by atomic mass is 10.3. The lowest BCUT2D eigenvalue weighted by Gasteiger charge is -2.04. The van der Waals surface area contributed by atoms with Gasteiger partial charge in [-0.05, 0) is 19.1 Å². The van der Waals surface area contributed by atoms with Crippen molar-refractivity contribution in [1.82, 2.24) is 5.32 Å². The zero-order valence-corrected chi connectivity index (χ0v) is 9.31. The molecule has 1 rings (SSSR count). The van der Waals surface area contributed by atoms with Crippen molar-refractivity contribution in [3.63, 3.8) is 0 Å². The molecule has 84 valence electrons. The van der Waals surface area contributed by atoms with Crippen molar-refractivity contribution < 1.29 is 4.79 Å². The number of benzene rings is 1. The van der Waals surface area contributed by atoms with E-state index >= 15 is 0 Å². The van der Waals surface area contributed by atoms with E-state index in [2.05, 4.69) is 10.6 Å². The summed E-state index contributed by atoms with van der Waals surface area (Å²) in [5, 5.41) is 5.45. The summed E-state index contributed by atoms with van der Waals surface area (Å²) in [6.45, 7) is 2.46. The van der Waals surface area contributed by atoms with Crippen molar-refractivity contribution in [3.05, 3.63) is 54.6 Å². The van der Waals surface area contributed by atoms with Crippen molar-refractivity contribution in [2.24, 2.45) is 0 Å². The fourth-order valence-electron chi connectivity index (χ4n) is 1.11. The highest BCUT2D eigenvalue weighted by atomic mass is 16.2. The summed E-state index contributed by atoms with van der Waals surface area (Å²) in [5.74, 6) is 0. The molecule has 1 aromatic rings. The van der Waals surface area contributed by atoms with Gasteiger partial charge in [0.1, 0.15) is 0 Å². The van der Waals surface area contributed by atoms with Crippen LogP contribution in [-0.4, -0.2) is 12.6 Å².